The third-order valence-corrected chi connectivity index (χ3v) is 3.10. The molecule has 0 unspecified atom stereocenters. The van der Waals surface area contributed by atoms with Gasteiger partial charge < -0.3 is 10.3 Å². The Labute approximate surface area is 118 Å². The lowest BCUT2D eigenvalue weighted by Gasteiger charge is -2.11. The Morgan fingerprint density at radius 1 is 1.32 bits per heavy atom. The SMILES string of the molecule is Cc1cc(Br)cc(C)c1NC(=O)c1c[nH]c(=O)cn1. The number of hydrogen-bond donors (Lipinski definition) is 2. The molecule has 0 saturated heterocycles. The van der Waals surface area contributed by atoms with Gasteiger partial charge in [-0.15, -0.1) is 0 Å². The molecule has 0 bridgehead atoms. The molecule has 0 radical (unpaired) electrons. The predicted octanol–water partition coefficient (Wildman–Crippen LogP) is 2.40. The summed E-state index contributed by atoms with van der Waals surface area (Å²) in [7, 11) is 0. The van der Waals surface area contributed by atoms with Gasteiger partial charge in [0.15, 0.2) is 0 Å². The van der Waals surface area contributed by atoms with Gasteiger partial charge in [-0.1, -0.05) is 15.9 Å². The number of halogens is 1. The van der Waals surface area contributed by atoms with Crippen LogP contribution in [0.2, 0.25) is 0 Å². The Bertz CT molecular complexity index is 651. The van der Waals surface area contributed by atoms with Crippen molar-refractivity contribution >= 4 is 27.5 Å². The second-order valence-electron chi connectivity index (χ2n) is 4.17. The van der Waals surface area contributed by atoms with Crippen molar-refractivity contribution in [3.8, 4) is 0 Å². The Morgan fingerprint density at radius 2 is 1.95 bits per heavy atom. The maximum atomic E-state index is 12.0. The minimum atomic E-state index is -0.357. The second kappa shape index (κ2) is 5.36. The second-order valence-corrected chi connectivity index (χ2v) is 5.08. The summed E-state index contributed by atoms with van der Waals surface area (Å²) in [6, 6.07) is 3.84. The van der Waals surface area contributed by atoms with E-state index in [0.717, 1.165) is 27.5 Å². The smallest absolute Gasteiger partial charge is 0.275 e. The highest BCUT2D eigenvalue weighted by atomic mass is 79.9. The van der Waals surface area contributed by atoms with Crippen molar-refractivity contribution in [2.75, 3.05) is 5.32 Å². The first kappa shape index (κ1) is 13.5. The number of anilines is 1. The van der Waals surface area contributed by atoms with Crippen LogP contribution in [0.25, 0.3) is 0 Å². The lowest BCUT2D eigenvalue weighted by atomic mass is 10.1. The molecule has 0 spiro atoms. The number of nitrogens with one attached hydrogen (secondary N) is 2. The van der Waals surface area contributed by atoms with E-state index in [2.05, 4.69) is 31.2 Å². The van der Waals surface area contributed by atoms with Crippen molar-refractivity contribution in [3.63, 3.8) is 0 Å². The average Bonchev–Trinajstić information content (AvgIpc) is 2.34. The number of aromatic amines is 1. The van der Waals surface area contributed by atoms with E-state index in [1.165, 1.54) is 6.20 Å². The van der Waals surface area contributed by atoms with Gasteiger partial charge in [0.1, 0.15) is 5.69 Å². The van der Waals surface area contributed by atoms with E-state index in [0.29, 0.717) is 0 Å². The molecule has 19 heavy (non-hydrogen) atoms. The number of H-pyrrole nitrogens is 1. The first-order valence-electron chi connectivity index (χ1n) is 5.60. The fourth-order valence-electron chi connectivity index (χ4n) is 1.75. The summed E-state index contributed by atoms with van der Waals surface area (Å²) in [6.07, 6.45) is 2.37. The van der Waals surface area contributed by atoms with Crippen LogP contribution in [0.15, 0.2) is 33.8 Å². The van der Waals surface area contributed by atoms with Crippen molar-refractivity contribution in [1.82, 2.24) is 9.97 Å². The van der Waals surface area contributed by atoms with Crippen molar-refractivity contribution in [2.45, 2.75) is 13.8 Å². The molecule has 98 valence electrons. The molecule has 2 aromatic rings. The normalized spacial score (nSPS) is 10.3. The zero-order valence-corrected chi connectivity index (χ0v) is 12.0. The van der Waals surface area contributed by atoms with Gasteiger partial charge in [-0.05, 0) is 37.1 Å². The number of rotatable bonds is 2. The number of aryl methyl sites for hydroxylation is 2. The largest absolute Gasteiger partial charge is 0.325 e. The van der Waals surface area contributed by atoms with E-state index in [1.54, 1.807) is 0 Å². The van der Waals surface area contributed by atoms with Crippen LogP contribution < -0.4 is 10.9 Å². The van der Waals surface area contributed by atoms with Gasteiger partial charge in [0.05, 0.1) is 6.20 Å². The van der Waals surface area contributed by atoms with Crippen LogP contribution in [0.3, 0.4) is 0 Å². The molecular weight excluding hydrogens is 310 g/mol. The molecule has 0 aliphatic rings. The number of hydrogen-bond acceptors (Lipinski definition) is 3. The molecule has 0 fully saturated rings. The molecule has 5 nitrogen and oxygen atoms in total. The molecule has 1 aromatic heterocycles. The topological polar surface area (TPSA) is 74.8 Å². The Kier molecular flexibility index (Phi) is 3.80. The molecule has 1 aromatic carbocycles. The number of nitrogens with zero attached hydrogens (tertiary/aromatic N) is 1. The zero-order valence-electron chi connectivity index (χ0n) is 10.5. The van der Waals surface area contributed by atoms with Crippen molar-refractivity contribution in [1.29, 1.82) is 0 Å². The lowest BCUT2D eigenvalue weighted by molar-refractivity contribution is 0.102. The zero-order chi connectivity index (χ0) is 14.0. The number of aromatic nitrogens is 2. The Balaban J connectivity index is 2.29. The van der Waals surface area contributed by atoms with Crippen LogP contribution in [0.1, 0.15) is 21.6 Å². The molecule has 0 aliphatic heterocycles. The lowest BCUT2D eigenvalue weighted by Crippen LogP contribution is -2.18. The summed E-state index contributed by atoms with van der Waals surface area (Å²) < 4.78 is 0.961. The van der Waals surface area contributed by atoms with Crippen molar-refractivity contribution < 1.29 is 4.79 Å². The summed E-state index contributed by atoms with van der Waals surface area (Å²) in [5, 5.41) is 2.80. The van der Waals surface area contributed by atoms with Gasteiger partial charge >= 0.3 is 0 Å². The number of carbonyl (C=O) groups excluding carboxylic acids is 1. The van der Waals surface area contributed by atoms with Gasteiger partial charge in [0.2, 0.25) is 0 Å². The Morgan fingerprint density at radius 3 is 2.47 bits per heavy atom. The fourth-order valence-corrected chi connectivity index (χ4v) is 2.44. The van der Waals surface area contributed by atoms with Gasteiger partial charge in [-0.3, -0.25) is 9.59 Å². The first-order chi connectivity index (χ1) is 8.97. The third-order valence-electron chi connectivity index (χ3n) is 2.64. The van der Waals surface area contributed by atoms with Gasteiger partial charge in [0, 0.05) is 16.4 Å². The fraction of sp³-hybridized carbons (Fsp3) is 0.154. The summed E-state index contributed by atoms with van der Waals surface area (Å²) in [6.45, 7) is 3.82. The number of carbonyl (C=O) groups is 1. The summed E-state index contributed by atoms with van der Waals surface area (Å²) in [5.41, 5.74) is 2.48. The summed E-state index contributed by atoms with van der Waals surface area (Å²) in [5.74, 6) is -0.357. The molecule has 2 rings (SSSR count). The van der Waals surface area contributed by atoms with Crippen molar-refractivity contribution in [2.24, 2.45) is 0 Å². The van der Waals surface area contributed by atoms with Crippen LogP contribution in [0.4, 0.5) is 5.69 Å². The quantitative estimate of drug-likeness (QED) is 0.891. The highest BCUT2D eigenvalue weighted by Crippen LogP contribution is 2.25. The molecule has 0 aliphatic carbocycles. The van der Waals surface area contributed by atoms with E-state index >= 15 is 0 Å². The van der Waals surface area contributed by atoms with E-state index in [-0.39, 0.29) is 17.2 Å². The van der Waals surface area contributed by atoms with E-state index < -0.39 is 0 Å². The number of benzene rings is 1. The van der Waals surface area contributed by atoms with Crippen LogP contribution in [-0.2, 0) is 0 Å². The summed E-state index contributed by atoms with van der Waals surface area (Å²) >= 11 is 3.40. The monoisotopic (exact) mass is 321 g/mol. The average molecular weight is 322 g/mol. The highest BCUT2D eigenvalue weighted by molar-refractivity contribution is 9.10. The van der Waals surface area contributed by atoms with Crippen LogP contribution >= 0.6 is 15.9 Å². The van der Waals surface area contributed by atoms with Gasteiger partial charge in [-0.25, -0.2) is 4.98 Å². The number of amides is 1. The minimum absolute atomic E-state index is 0.168. The molecule has 0 atom stereocenters. The maximum absolute atomic E-state index is 12.0. The predicted molar refractivity (Wildman–Crippen MR) is 76.4 cm³/mol. The van der Waals surface area contributed by atoms with Crippen molar-refractivity contribution in [3.05, 3.63) is 56.2 Å². The Hall–Kier alpha value is -1.95. The van der Waals surface area contributed by atoms with Gasteiger partial charge in [0.25, 0.3) is 11.5 Å². The molecule has 6 heteroatoms. The van der Waals surface area contributed by atoms with Gasteiger partial charge in [-0.2, -0.15) is 0 Å². The van der Waals surface area contributed by atoms with Crippen LogP contribution in [0, 0.1) is 13.8 Å². The molecular formula is C13H12BrN3O2. The molecule has 2 N–H and O–H groups in total. The minimum Gasteiger partial charge on any atom is -0.325 e. The highest BCUT2D eigenvalue weighted by Gasteiger charge is 2.11. The molecule has 1 heterocycles. The van der Waals surface area contributed by atoms with E-state index in [4.69, 9.17) is 0 Å². The molecule has 0 saturated carbocycles. The standard InChI is InChI=1S/C13H12BrN3O2/c1-7-3-9(14)4-8(2)12(7)17-13(19)10-5-16-11(18)6-15-10/h3-6H,1-2H3,(H,16,18)(H,17,19). The third kappa shape index (κ3) is 3.08. The summed E-state index contributed by atoms with van der Waals surface area (Å²) in [4.78, 5) is 29.1. The first-order valence-corrected chi connectivity index (χ1v) is 6.39. The molecule has 1 amide bonds. The van der Waals surface area contributed by atoms with Crippen LogP contribution in [0.5, 0.6) is 0 Å². The van der Waals surface area contributed by atoms with E-state index in [9.17, 15) is 9.59 Å². The van der Waals surface area contributed by atoms with E-state index in [1.807, 2.05) is 26.0 Å². The van der Waals surface area contributed by atoms with Crippen LogP contribution in [-0.4, -0.2) is 15.9 Å². The maximum Gasteiger partial charge on any atom is 0.275 e.